The average Bonchev–Trinajstić information content (AvgIpc) is 2.60. The molecule has 1 aromatic carbocycles. The van der Waals surface area contributed by atoms with Crippen LogP contribution < -0.4 is 0 Å². The molecule has 134 valence electrons. The lowest BCUT2D eigenvalue weighted by Crippen LogP contribution is -2.14. The van der Waals surface area contributed by atoms with Crippen LogP contribution in [0.2, 0.25) is 0 Å². The van der Waals surface area contributed by atoms with Crippen molar-refractivity contribution in [2.24, 2.45) is 0 Å². The molecule has 1 aromatic rings. The Kier molecular flexibility index (Phi) is 9.28. The van der Waals surface area contributed by atoms with Gasteiger partial charge in [-0.15, -0.1) is 0 Å². The van der Waals surface area contributed by atoms with E-state index >= 15 is 0 Å². The first-order chi connectivity index (χ1) is 12.0. The molecule has 0 aliphatic heterocycles. The van der Waals surface area contributed by atoms with Gasteiger partial charge in [-0.1, -0.05) is 30.3 Å². The van der Waals surface area contributed by atoms with Crippen LogP contribution in [0.3, 0.4) is 0 Å². The van der Waals surface area contributed by atoms with Gasteiger partial charge in [0.1, 0.15) is 0 Å². The second-order valence-corrected chi connectivity index (χ2v) is 4.99. The minimum absolute atomic E-state index is 0.0384. The van der Waals surface area contributed by atoms with Crippen LogP contribution in [-0.2, 0) is 39.8 Å². The molecule has 1 rings (SSSR count). The first kappa shape index (κ1) is 20.1. The van der Waals surface area contributed by atoms with Crippen LogP contribution in [0.5, 0.6) is 0 Å². The summed E-state index contributed by atoms with van der Waals surface area (Å²) in [5.74, 6) is -2.54. The van der Waals surface area contributed by atoms with Crippen LogP contribution in [0.15, 0.2) is 42.5 Å². The zero-order chi connectivity index (χ0) is 18.5. The molecule has 0 saturated carbocycles. The fourth-order valence-corrected chi connectivity index (χ4v) is 1.77. The van der Waals surface area contributed by atoms with Crippen LogP contribution in [0.4, 0.5) is 0 Å². The van der Waals surface area contributed by atoms with Gasteiger partial charge in [-0.2, -0.15) is 0 Å². The molecule has 0 N–H and O–H groups in total. The lowest BCUT2D eigenvalue weighted by Gasteiger charge is -2.04. The highest BCUT2D eigenvalue weighted by Crippen LogP contribution is 2.03. The van der Waals surface area contributed by atoms with Crippen molar-refractivity contribution in [2.45, 2.75) is 25.7 Å². The second-order valence-electron chi connectivity index (χ2n) is 4.99. The van der Waals surface area contributed by atoms with Crippen molar-refractivity contribution in [3.05, 3.63) is 48.0 Å². The van der Waals surface area contributed by atoms with E-state index in [2.05, 4.69) is 4.74 Å². The molecule has 0 aliphatic carbocycles. The summed E-state index contributed by atoms with van der Waals surface area (Å²) < 4.78 is 13.9. The molecule has 0 saturated heterocycles. The van der Waals surface area contributed by atoms with E-state index in [1.54, 1.807) is 24.3 Å². The quantitative estimate of drug-likeness (QED) is 0.220. The molecule has 0 aromatic heterocycles. The summed E-state index contributed by atoms with van der Waals surface area (Å²) in [6.45, 7) is 0.0928. The Morgan fingerprint density at radius 1 is 0.920 bits per heavy atom. The monoisotopic (exact) mass is 348 g/mol. The van der Waals surface area contributed by atoms with E-state index in [1.807, 2.05) is 6.07 Å². The molecule has 0 spiro atoms. The first-order valence-corrected chi connectivity index (χ1v) is 7.71. The van der Waals surface area contributed by atoms with Gasteiger partial charge in [-0.25, -0.2) is 9.59 Å². The Bertz CT molecular complexity index is 620. The van der Waals surface area contributed by atoms with Gasteiger partial charge in [0.05, 0.1) is 20.1 Å². The second kappa shape index (κ2) is 11.6. The number of unbranched alkanes of at least 4 members (excludes halogenated alkanes) is 1. The predicted molar refractivity (Wildman–Crippen MR) is 87.2 cm³/mol. The minimum Gasteiger partial charge on any atom is -0.466 e. The smallest absolute Gasteiger partial charge is 0.331 e. The fraction of sp³-hybridized carbons (Fsp3) is 0.333. The molecule has 0 heterocycles. The van der Waals surface area contributed by atoms with Gasteiger partial charge in [-0.05, 0) is 18.4 Å². The first-order valence-electron chi connectivity index (χ1n) is 7.71. The third kappa shape index (κ3) is 9.70. The largest absolute Gasteiger partial charge is 0.466 e. The highest BCUT2D eigenvalue weighted by molar-refractivity contribution is 5.91. The topological polar surface area (TPSA) is 96.0 Å². The van der Waals surface area contributed by atoms with Crippen molar-refractivity contribution in [3.63, 3.8) is 0 Å². The zero-order valence-corrected chi connectivity index (χ0v) is 13.9. The number of rotatable bonds is 9. The molecule has 7 heteroatoms. The maximum absolute atomic E-state index is 11.6. The van der Waals surface area contributed by atoms with Crippen LogP contribution >= 0.6 is 0 Å². The van der Waals surface area contributed by atoms with E-state index in [4.69, 9.17) is 9.47 Å². The SMILES string of the molecule is COC(=O)C=CC(=O)OCCCCC(=O)OC(=O)Cc1ccccc1. The maximum Gasteiger partial charge on any atom is 0.331 e. The van der Waals surface area contributed by atoms with Crippen LogP contribution in [0.25, 0.3) is 0 Å². The number of hydrogen-bond acceptors (Lipinski definition) is 7. The normalized spacial score (nSPS) is 10.3. The summed E-state index contributed by atoms with van der Waals surface area (Å²) in [5.41, 5.74) is 0.771. The highest BCUT2D eigenvalue weighted by atomic mass is 16.6. The summed E-state index contributed by atoms with van der Waals surface area (Å²) in [4.78, 5) is 45.1. The lowest BCUT2D eigenvalue weighted by atomic mass is 10.1. The van der Waals surface area contributed by atoms with E-state index in [1.165, 1.54) is 7.11 Å². The van der Waals surface area contributed by atoms with Gasteiger partial charge in [0, 0.05) is 18.6 Å². The molecule has 0 unspecified atom stereocenters. The van der Waals surface area contributed by atoms with Gasteiger partial charge in [0.15, 0.2) is 0 Å². The Labute approximate surface area is 145 Å². The molecule has 0 amide bonds. The van der Waals surface area contributed by atoms with Crippen LogP contribution in [-0.4, -0.2) is 37.6 Å². The van der Waals surface area contributed by atoms with Crippen molar-refractivity contribution in [1.29, 1.82) is 0 Å². The summed E-state index contributed by atoms with van der Waals surface area (Å²) in [6, 6.07) is 8.97. The summed E-state index contributed by atoms with van der Waals surface area (Å²) in [5, 5.41) is 0. The van der Waals surface area contributed by atoms with E-state index in [-0.39, 0.29) is 19.4 Å². The van der Waals surface area contributed by atoms with Gasteiger partial charge >= 0.3 is 23.9 Å². The van der Waals surface area contributed by atoms with Gasteiger partial charge in [0.2, 0.25) is 0 Å². The van der Waals surface area contributed by atoms with Crippen molar-refractivity contribution in [1.82, 2.24) is 0 Å². The summed E-state index contributed by atoms with van der Waals surface area (Å²) >= 11 is 0. The Balaban J connectivity index is 2.12. The Morgan fingerprint density at radius 2 is 1.60 bits per heavy atom. The van der Waals surface area contributed by atoms with Gasteiger partial charge in [-0.3, -0.25) is 9.59 Å². The number of benzene rings is 1. The Hall–Kier alpha value is -2.96. The molecule has 0 atom stereocenters. The van der Waals surface area contributed by atoms with E-state index < -0.39 is 23.9 Å². The van der Waals surface area contributed by atoms with Crippen molar-refractivity contribution in [3.8, 4) is 0 Å². The number of ether oxygens (including phenoxy) is 3. The zero-order valence-electron chi connectivity index (χ0n) is 13.9. The summed E-state index contributed by atoms with van der Waals surface area (Å²) in [6.07, 6.45) is 2.85. The van der Waals surface area contributed by atoms with Crippen molar-refractivity contribution in [2.75, 3.05) is 13.7 Å². The number of hydrogen-bond donors (Lipinski definition) is 0. The molecule has 7 nitrogen and oxygen atoms in total. The van der Waals surface area contributed by atoms with Crippen molar-refractivity contribution < 1.29 is 33.4 Å². The molecular weight excluding hydrogens is 328 g/mol. The molecular formula is C18H20O7. The van der Waals surface area contributed by atoms with E-state index in [0.717, 1.165) is 17.7 Å². The number of carbonyl (C=O) groups excluding carboxylic acids is 4. The molecule has 0 bridgehead atoms. The van der Waals surface area contributed by atoms with Gasteiger partial charge in [0.25, 0.3) is 0 Å². The molecule has 0 fully saturated rings. The predicted octanol–water partition coefficient (Wildman–Crippen LogP) is 1.74. The molecule has 0 radical (unpaired) electrons. The molecule has 25 heavy (non-hydrogen) atoms. The Morgan fingerprint density at radius 3 is 2.28 bits per heavy atom. The van der Waals surface area contributed by atoms with Crippen LogP contribution in [0.1, 0.15) is 24.8 Å². The maximum atomic E-state index is 11.6. The van der Waals surface area contributed by atoms with Crippen molar-refractivity contribution >= 4 is 23.9 Å². The van der Waals surface area contributed by atoms with E-state index in [0.29, 0.717) is 12.8 Å². The lowest BCUT2D eigenvalue weighted by molar-refractivity contribution is -0.159. The van der Waals surface area contributed by atoms with E-state index in [9.17, 15) is 19.2 Å². The average molecular weight is 348 g/mol. The number of carbonyl (C=O) groups is 4. The minimum atomic E-state index is -0.675. The van der Waals surface area contributed by atoms with Crippen LogP contribution in [0, 0.1) is 0 Å². The fourth-order valence-electron chi connectivity index (χ4n) is 1.77. The van der Waals surface area contributed by atoms with Gasteiger partial charge < -0.3 is 14.2 Å². The highest BCUT2D eigenvalue weighted by Gasteiger charge is 2.11. The third-order valence-corrected chi connectivity index (χ3v) is 3.00. The summed E-state index contributed by atoms with van der Waals surface area (Å²) in [7, 11) is 1.20. The molecule has 0 aliphatic rings. The standard InChI is InChI=1S/C18H20O7/c1-23-15(19)10-11-16(20)24-12-6-5-9-17(21)25-18(22)13-14-7-3-2-4-8-14/h2-4,7-8,10-11H,5-6,9,12-13H2,1H3. The third-order valence-electron chi connectivity index (χ3n) is 3.00. The number of esters is 4. The number of methoxy groups -OCH3 is 1.